The molecule has 2 amide bonds. The molecule has 7 nitrogen and oxygen atoms in total. The second-order valence-electron chi connectivity index (χ2n) is 8.46. The average molecular weight is 472 g/mol. The highest BCUT2D eigenvalue weighted by Gasteiger charge is 2.18. The second-order valence-corrected chi connectivity index (χ2v) is 8.46. The van der Waals surface area contributed by atoms with Gasteiger partial charge in [0.05, 0.1) is 0 Å². The summed E-state index contributed by atoms with van der Waals surface area (Å²) in [7, 11) is 2.12. The topological polar surface area (TPSA) is 79.9 Å². The number of halogens is 1. The Hall–Kier alpha value is -2.97. The standard InChI is InChI=1S/C26H34FN3O4/c1-30(23-11-15-33-16-12-23)14-17-34-24-5-2-4-20(18-24)19-29-25(31)6-3-13-28-26(32)21-7-9-22(27)10-8-21/h2,4-5,7-10,18,23H,3,6,11-17,19H2,1H3,(H,28,32)(H,29,31). The zero-order valence-corrected chi connectivity index (χ0v) is 19.7. The van der Waals surface area contributed by atoms with Gasteiger partial charge in [0.15, 0.2) is 0 Å². The van der Waals surface area contributed by atoms with E-state index in [1.165, 1.54) is 24.3 Å². The Morgan fingerprint density at radius 1 is 1.12 bits per heavy atom. The van der Waals surface area contributed by atoms with E-state index in [1.807, 2.05) is 24.3 Å². The summed E-state index contributed by atoms with van der Waals surface area (Å²) in [5, 5.41) is 5.64. The zero-order valence-electron chi connectivity index (χ0n) is 19.7. The van der Waals surface area contributed by atoms with Crippen LogP contribution in [-0.2, 0) is 16.1 Å². The van der Waals surface area contributed by atoms with Gasteiger partial charge < -0.3 is 20.1 Å². The molecule has 0 aliphatic carbocycles. The molecule has 0 bridgehead atoms. The molecule has 1 fully saturated rings. The first-order chi connectivity index (χ1) is 16.5. The van der Waals surface area contributed by atoms with Crippen LogP contribution in [0.5, 0.6) is 5.75 Å². The van der Waals surface area contributed by atoms with Gasteiger partial charge in [0.2, 0.25) is 5.91 Å². The van der Waals surface area contributed by atoms with Crippen molar-refractivity contribution < 1.29 is 23.5 Å². The molecule has 8 heteroatoms. The van der Waals surface area contributed by atoms with Crippen LogP contribution < -0.4 is 15.4 Å². The molecule has 0 radical (unpaired) electrons. The van der Waals surface area contributed by atoms with Crippen molar-refractivity contribution in [3.8, 4) is 5.75 Å². The third-order valence-corrected chi connectivity index (χ3v) is 5.89. The van der Waals surface area contributed by atoms with E-state index in [0.717, 1.165) is 43.9 Å². The van der Waals surface area contributed by atoms with Gasteiger partial charge in [-0.15, -0.1) is 0 Å². The summed E-state index contributed by atoms with van der Waals surface area (Å²) in [4.78, 5) is 26.5. The van der Waals surface area contributed by atoms with Crippen molar-refractivity contribution >= 4 is 11.8 Å². The van der Waals surface area contributed by atoms with Crippen LogP contribution in [0.25, 0.3) is 0 Å². The molecule has 0 saturated carbocycles. The zero-order chi connectivity index (χ0) is 24.2. The van der Waals surface area contributed by atoms with Crippen LogP contribution in [0.4, 0.5) is 4.39 Å². The van der Waals surface area contributed by atoms with Crippen molar-refractivity contribution in [1.82, 2.24) is 15.5 Å². The van der Waals surface area contributed by atoms with Crippen LogP contribution in [0, 0.1) is 5.82 Å². The fourth-order valence-corrected chi connectivity index (χ4v) is 3.80. The van der Waals surface area contributed by atoms with Crippen LogP contribution in [0.15, 0.2) is 48.5 Å². The Kier molecular flexibility index (Phi) is 10.3. The summed E-state index contributed by atoms with van der Waals surface area (Å²) in [6, 6.07) is 13.6. The number of likely N-dealkylation sites (N-methyl/N-ethyl adjacent to an activating group) is 1. The van der Waals surface area contributed by atoms with E-state index in [4.69, 9.17) is 9.47 Å². The molecule has 2 N–H and O–H groups in total. The maximum Gasteiger partial charge on any atom is 0.251 e. The number of carbonyl (C=O) groups excluding carboxylic acids is 2. The number of amides is 2. The molecule has 3 rings (SSSR count). The van der Waals surface area contributed by atoms with Gasteiger partial charge in [-0.05, 0) is 68.3 Å². The molecule has 0 atom stereocenters. The number of hydrogen-bond acceptors (Lipinski definition) is 5. The highest BCUT2D eigenvalue weighted by atomic mass is 19.1. The molecule has 2 aromatic carbocycles. The first-order valence-electron chi connectivity index (χ1n) is 11.8. The van der Waals surface area contributed by atoms with Crippen LogP contribution in [-0.4, -0.2) is 62.7 Å². The molecule has 1 saturated heterocycles. The third-order valence-electron chi connectivity index (χ3n) is 5.89. The maximum atomic E-state index is 12.9. The van der Waals surface area contributed by atoms with Crippen molar-refractivity contribution in [3.05, 3.63) is 65.5 Å². The predicted octanol–water partition coefficient (Wildman–Crippen LogP) is 3.14. The lowest BCUT2D eigenvalue weighted by Gasteiger charge is -2.31. The molecule has 1 aliphatic heterocycles. The predicted molar refractivity (Wildman–Crippen MR) is 128 cm³/mol. The van der Waals surface area contributed by atoms with Gasteiger partial charge in [-0.1, -0.05) is 12.1 Å². The van der Waals surface area contributed by atoms with E-state index in [2.05, 4.69) is 22.6 Å². The quantitative estimate of drug-likeness (QED) is 0.465. The number of ether oxygens (including phenoxy) is 2. The Morgan fingerprint density at radius 3 is 2.65 bits per heavy atom. The number of rotatable bonds is 12. The first kappa shape index (κ1) is 25.6. The monoisotopic (exact) mass is 471 g/mol. The van der Waals surface area contributed by atoms with E-state index in [-0.39, 0.29) is 17.6 Å². The van der Waals surface area contributed by atoms with Crippen molar-refractivity contribution in [2.45, 2.75) is 38.3 Å². The Bertz CT molecular complexity index is 917. The van der Waals surface area contributed by atoms with Crippen LogP contribution in [0.3, 0.4) is 0 Å². The van der Waals surface area contributed by atoms with Gasteiger partial charge in [0.1, 0.15) is 18.2 Å². The summed E-state index contributed by atoms with van der Waals surface area (Å²) >= 11 is 0. The average Bonchev–Trinajstić information content (AvgIpc) is 2.86. The van der Waals surface area contributed by atoms with Crippen molar-refractivity contribution in [3.63, 3.8) is 0 Å². The summed E-state index contributed by atoms with van der Waals surface area (Å²) in [6.07, 6.45) is 2.94. The molecule has 1 heterocycles. The molecule has 184 valence electrons. The van der Waals surface area contributed by atoms with Gasteiger partial charge >= 0.3 is 0 Å². The number of benzene rings is 2. The Labute approximate surface area is 200 Å². The molecule has 0 aromatic heterocycles. The molecule has 0 spiro atoms. The molecule has 34 heavy (non-hydrogen) atoms. The SMILES string of the molecule is CN(CCOc1cccc(CNC(=O)CCCNC(=O)c2ccc(F)cc2)c1)C1CCOCC1. The minimum absolute atomic E-state index is 0.0829. The molecule has 0 unspecified atom stereocenters. The molecule has 2 aromatic rings. The maximum absolute atomic E-state index is 12.9. The molecular formula is C26H34FN3O4. The summed E-state index contributed by atoms with van der Waals surface area (Å²) < 4.78 is 24.3. The highest BCUT2D eigenvalue weighted by Crippen LogP contribution is 2.15. The van der Waals surface area contributed by atoms with Gasteiger partial charge in [0, 0.05) is 50.9 Å². The minimum Gasteiger partial charge on any atom is -0.492 e. The normalized spacial score (nSPS) is 14.1. The van der Waals surface area contributed by atoms with Crippen LogP contribution >= 0.6 is 0 Å². The summed E-state index contributed by atoms with van der Waals surface area (Å²) in [5.74, 6) is 0.0377. The van der Waals surface area contributed by atoms with Gasteiger partial charge in [0.25, 0.3) is 5.91 Å². The summed E-state index contributed by atoms with van der Waals surface area (Å²) in [6.45, 7) is 3.90. The highest BCUT2D eigenvalue weighted by molar-refractivity contribution is 5.94. The second kappa shape index (κ2) is 13.7. The van der Waals surface area contributed by atoms with Gasteiger partial charge in [-0.3, -0.25) is 14.5 Å². The van der Waals surface area contributed by atoms with Gasteiger partial charge in [-0.2, -0.15) is 0 Å². The van der Waals surface area contributed by atoms with E-state index in [1.54, 1.807) is 0 Å². The third kappa shape index (κ3) is 8.76. The van der Waals surface area contributed by atoms with Crippen LogP contribution in [0.2, 0.25) is 0 Å². The lowest BCUT2D eigenvalue weighted by molar-refractivity contribution is -0.121. The fraction of sp³-hybridized carbons (Fsp3) is 0.462. The van der Waals surface area contributed by atoms with E-state index in [9.17, 15) is 14.0 Å². The fourth-order valence-electron chi connectivity index (χ4n) is 3.80. The minimum atomic E-state index is -0.386. The Morgan fingerprint density at radius 2 is 1.88 bits per heavy atom. The number of nitrogens with zero attached hydrogens (tertiary/aromatic N) is 1. The smallest absolute Gasteiger partial charge is 0.251 e. The number of hydrogen-bond donors (Lipinski definition) is 2. The molecule has 1 aliphatic rings. The largest absolute Gasteiger partial charge is 0.492 e. The van der Waals surface area contributed by atoms with Crippen molar-refractivity contribution in [2.24, 2.45) is 0 Å². The van der Waals surface area contributed by atoms with Gasteiger partial charge in [-0.25, -0.2) is 4.39 Å². The molecular weight excluding hydrogens is 437 g/mol. The van der Waals surface area contributed by atoms with E-state index in [0.29, 0.717) is 44.1 Å². The summed E-state index contributed by atoms with van der Waals surface area (Å²) in [5.41, 5.74) is 1.36. The number of nitrogens with one attached hydrogen (secondary N) is 2. The van der Waals surface area contributed by atoms with Crippen molar-refractivity contribution in [1.29, 1.82) is 0 Å². The first-order valence-corrected chi connectivity index (χ1v) is 11.8. The Balaban J connectivity index is 1.30. The van der Waals surface area contributed by atoms with Crippen molar-refractivity contribution in [2.75, 3.05) is 40.0 Å². The number of carbonyl (C=O) groups is 2. The van der Waals surface area contributed by atoms with Crippen LogP contribution in [0.1, 0.15) is 41.6 Å². The van der Waals surface area contributed by atoms with E-state index >= 15 is 0 Å². The van der Waals surface area contributed by atoms with E-state index < -0.39 is 0 Å². The lowest BCUT2D eigenvalue weighted by atomic mass is 10.1. The lowest BCUT2D eigenvalue weighted by Crippen LogP contribution is -2.38.